The Morgan fingerprint density at radius 2 is 2.00 bits per heavy atom. The second kappa shape index (κ2) is 5.38. The van der Waals surface area contributed by atoms with Gasteiger partial charge in [-0.15, -0.1) is 0 Å². The van der Waals surface area contributed by atoms with E-state index in [1.807, 2.05) is 19.1 Å². The van der Waals surface area contributed by atoms with E-state index < -0.39 is 10.2 Å². The Kier molecular flexibility index (Phi) is 3.70. The molecule has 1 aromatic carbocycles. The third-order valence-electron chi connectivity index (χ3n) is 3.75. The zero-order valence-electron chi connectivity index (χ0n) is 11.9. The van der Waals surface area contributed by atoms with E-state index in [-0.39, 0.29) is 0 Å². The molecule has 114 valence electrons. The first-order chi connectivity index (χ1) is 9.91. The van der Waals surface area contributed by atoms with Gasteiger partial charge >= 0.3 is 0 Å². The Labute approximate surface area is 123 Å². The number of imidazole rings is 1. The van der Waals surface area contributed by atoms with Gasteiger partial charge in [0.25, 0.3) is 10.2 Å². The molecule has 0 spiro atoms. The molecule has 3 rings (SSSR count). The second-order valence-electron chi connectivity index (χ2n) is 5.42. The summed E-state index contributed by atoms with van der Waals surface area (Å²) in [7, 11) is -3.56. The molecule has 0 aliphatic carbocycles. The fourth-order valence-electron chi connectivity index (χ4n) is 2.61. The van der Waals surface area contributed by atoms with Gasteiger partial charge in [0.1, 0.15) is 5.82 Å². The van der Waals surface area contributed by atoms with Gasteiger partial charge in [0.05, 0.1) is 17.6 Å². The number of fused-ring (bicyclic) bond motifs is 1. The number of aromatic amines is 1. The van der Waals surface area contributed by atoms with Crippen LogP contribution in [-0.4, -0.2) is 53.8 Å². The molecule has 3 N–H and O–H groups in total. The number of aromatic nitrogens is 2. The Bertz CT molecular complexity index is 747. The van der Waals surface area contributed by atoms with Crippen LogP contribution in [0, 0.1) is 6.92 Å². The van der Waals surface area contributed by atoms with Crippen LogP contribution in [0.4, 0.5) is 0 Å². The number of piperazine rings is 1. The van der Waals surface area contributed by atoms with Crippen LogP contribution in [0.3, 0.4) is 0 Å². The molecule has 1 fully saturated rings. The lowest BCUT2D eigenvalue weighted by Gasteiger charge is -2.32. The summed E-state index contributed by atoms with van der Waals surface area (Å²) in [5.41, 5.74) is 3.19. The summed E-state index contributed by atoms with van der Waals surface area (Å²) in [6.45, 7) is 4.91. The molecular weight excluding hydrogens is 290 g/mol. The van der Waals surface area contributed by atoms with E-state index in [1.165, 1.54) is 9.87 Å². The maximum Gasteiger partial charge on any atom is 0.276 e. The maximum absolute atomic E-state index is 11.3. The van der Waals surface area contributed by atoms with E-state index in [1.54, 1.807) is 0 Å². The number of aryl methyl sites for hydroxylation is 1. The number of hydrogen-bond acceptors (Lipinski definition) is 4. The van der Waals surface area contributed by atoms with E-state index in [0.717, 1.165) is 16.9 Å². The van der Waals surface area contributed by atoms with Crippen molar-refractivity contribution in [2.24, 2.45) is 5.14 Å². The SMILES string of the molecule is Cc1ccc2nc(CN3CCN(S(N)(=O)=O)CC3)[nH]c2c1. The van der Waals surface area contributed by atoms with E-state index in [4.69, 9.17) is 5.14 Å². The van der Waals surface area contributed by atoms with Gasteiger partial charge in [-0.3, -0.25) is 4.90 Å². The summed E-state index contributed by atoms with van der Waals surface area (Å²) >= 11 is 0. The topological polar surface area (TPSA) is 95.3 Å². The summed E-state index contributed by atoms with van der Waals surface area (Å²) in [5.74, 6) is 0.902. The number of rotatable bonds is 3. The fraction of sp³-hybridized carbons (Fsp3) is 0.462. The van der Waals surface area contributed by atoms with Gasteiger partial charge in [-0.05, 0) is 24.6 Å². The predicted octanol–water partition coefficient (Wildman–Crippen LogP) is 0.192. The molecule has 1 aliphatic heterocycles. The minimum atomic E-state index is -3.56. The summed E-state index contributed by atoms with van der Waals surface area (Å²) in [6.07, 6.45) is 0. The standard InChI is InChI=1S/C13H19N5O2S/c1-10-2-3-11-12(8-10)16-13(15-11)9-17-4-6-18(7-5-17)21(14,19)20/h2-3,8H,4-7,9H2,1H3,(H,15,16)(H2,14,19,20). The Morgan fingerprint density at radius 1 is 1.29 bits per heavy atom. The maximum atomic E-state index is 11.3. The quantitative estimate of drug-likeness (QED) is 0.846. The van der Waals surface area contributed by atoms with Crippen LogP contribution in [0.25, 0.3) is 11.0 Å². The third-order valence-corrected chi connectivity index (χ3v) is 4.84. The van der Waals surface area contributed by atoms with Crippen molar-refractivity contribution in [1.82, 2.24) is 19.2 Å². The fourth-order valence-corrected chi connectivity index (χ4v) is 3.28. The molecule has 0 unspecified atom stereocenters. The first kappa shape index (κ1) is 14.5. The monoisotopic (exact) mass is 309 g/mol. The van der Waals surface area contributed by atoms with Crippen molar-refractivity contribution >= 4 is 21.2 Å². The predicted molar refractivity (Wildman–Crippen MR) is 80.8 cm³/mol. The highest BCUT2D eigenvalue weighted by Gasteiger charge is 2.24. The van der Waals surface area contributed by atoms with E-state index in [2.05, 4.69) is 20.9 Å². The number of hydrogen-bond donors (Lipinski definition) is 2. The highest BCUT2D eigenvalue weighted by Crippen LogP contribution is 2.15. The lowest BCUT2D eigenvalue weighted by atomic mass is 10.2. The van der Waals surface area contributed by atoms with Crippen molar-refractivity contribution in [2.75, 3.05) is 26.2 Å². The second-order valence-corrected chi connectivity index (χ2v) is 6.97. The molecule has 2 heterocycles. The molecule has 0 radical (unpaired) electrons. The van der Waals surface area contributed by atoms with Crippen LogP contribution in [0.1, 0.15) is 11.4 Å². The molecule has 0 saturated carbocycles. The average Bonchev–Trinajstić information content (AvgIpc) is 2.79. The van der Waals surface area contributed by atoms with Gasteiger partial charge in [-0.25, -0.2) is 10.1 Å². The lowest BCUT2D eigenvalue weighted by Crippen LogP contribution is -2.50. The molecule has 2 aromatic rings. The van der Waals surface area contributed by atoms with E-state index in [9.17, 15) is 8.42 Å². The smallest absolute Gasteiger partial charge is 0.276 e. The lowest BCUT2D eigenvalue weighted by molar-refractivity contribution is 0.178. The molecule has 1 aliphatic rings. The minimum absolute atomic E-state index is 0.429. The van der Waals surface area contributed by atoms with Crippen molar-refractivity contribution < 1.29 is 8.42 Å². The highest BCUT2D eigenvalue weighted by molar-refractivity contribution is 7.86. The van der Waals surface area contributed by atoms with Gasteiger partial charge in [0, 0.05) is 26.2 Å². The average molecular weight is 309 g/mol. The van der Waals surface area contributed by atoms with Gasteiger partial charge in [0.2, 0.25) is 0 Å². The Balaban J connectivity index is 1.67. The molecule has 1 aromatic heterocycles. The van der Waals surface area contributed by atoms with E-state index >= 15 is 0 Å². The first-order valence-corrected chi connectivity index (χ1v) is 8.37. The van der Waals surface area contributed by atoms with Crippen LogP contribution in [-0.2, 0) is 16.8 Å². The Morgan fingerprint density at radius 3 is 2.67 bits per heavy atom. The normalized spacial score (nSPS) is 18.4. The summed E-state index contributed by atoms with van der Waals surface area (Å²) in [5, 5.41) is 5.13. The van der Waals surface area contributed by atoms with Crippen LogP contribution >= 0.6 is 0 Å². The van der Waals surface area contributed by atoms with Crippen LogP contribution in [0.15, 0.2) is 18.2 Å². The number of benzene rings is 1. The largest absolute Gasteiger partial charge is 0.341 e. The summed E-state index contributed by atoms with van der Waals surface area (Å²) in [6, 6.07) is 6.12. The molecule has 21 heavy (non-hydrogen) atoms. The van der Waals surface area contributed by atoms with Crippen LogP contribution in [0.5, 0.6) is 0 Å². The first-order valence-electron chi connectivity index (χ1n) is 6.87. The number of nitrogens with zero attached hydrogens (tertiary/aromatic N) is 3. The van der Waals surface area contributed by atoms with Crippen LogP contribution < -0.4 is 5.14 Å². The highest BCUT2D eigenvalue weighted by atomic mass is 32.2. The third kappa shape index (κ3) is 3.24. The number of nitrogens with one attached hydrogen (secondary N) is 1. The molecule has 1 saturated heterocycles. The molecule has 7 nitrogen and oxygen atoms in total. The van der Waals surface area contributed by atoms with Gasteiger partial charge < -0.3 is 4.98 Å². The molecule has 8 heteroatoms. The number of H-pyrrole nitrogens is 1. The van der Waals surface area contributed by atoms with Crippen molar-refractivity contribution in [1.29, 1.82) is 0 Å². The van der Waals surface area contributed by atoms with Crippen molar-refractivity contribution in [3.8, 4) is 0 Å². The molecule has 0 atom stereocenters. The van der Waals surface area contributed by atoms with Crippen molar-refractivity contribution in [3.63, 3.8) is 0 Å². The zero-order valence-corrected chi connectivity index (χ0v) is 12.7. The zero-order chi connectivity index (χ0) is 15.0. The van der Waals surface area contributed by atoms with Crippen molar-refractivity contribution in [2.45, 2.75) is 13.5 Å². The Hall–Kier alpha value is -1.48. The summed E-state index contributed by atoms with van der Waals surface area (Å²) < 4.78 is 23.8. The van der Waals surface area contributed by atoms with Crippen LogP contribution in [0.2, 0.25) is 0 Å². The number of nitrogens with two attached hydrogens (primary N) is 1. The van der Waals surface area contributed by atoms with Gasteiger partial charge in [-0.2, -0.15) is 12.7 Å². The van der Waals surface area contributed by atoms with E-state index in [0.29, 0.717) is 32.7 Å². The molecular formula is C13H19N5O2S. The molecule has 0 bridgehead atoms. The van der Waals surface area contributed by atoms with Gasteiger partial charge in [0.15, 0.2) is 0 Å². The minimum Gasteiger partial charge on any atom is -0.341 e. The summed E-state index contributed by atoms with van der Waals surface area (Å²) in [4.78, 5) is 10.1. The van der Waals surface area contributed by atoms with Crippen molar-refractivity contribution in [3.05, 3.63) is 29.6 Å². The molecule has 0 amide bonds. The van der Waals surface area contributed by atoms with Gasteiger partial charge in [-0.1, -0.05) is 6.07 Å².